The Labute approximate surface area is 182 Å². The Morgan fingerprint density at radius 2 is 1.70 bits per heavy atom. The Kier molecular flexibility index (Phi) is 5.87. The van der Waals surface area contributed by atoms with Crippen LogP contribution in [0.5, 0.6) is 11.5 Å². The summed E-state index contributed by atoms with van der Waals surface area (Å²) in [5.74, 6) is 1.87. The molecular formula is C25H25ClFNO2. The van der Waals surface area contributed by atoms with Gasteiger partial charge in [-0.1, -0.05) is 18.2 Å². The van der Waals surface area contributed by atoms with Crippen LogP contribution in [0.1, 0.15) is 23.6 Å². The lowest BCUT2D eigenvalue weighted by atomic mass is 9.76. The zero-order valence-electron chi connectivity index (χ0n) is 17.2. The molecule has 0 amide bonds. The molecule has 156 valence electrons. The summed E-state index contributed by atoms with van der Waals surface area (Å²) in [6.07, 6.45) is 0.885. The van der Waals surface area contributed by atoms with E-state index in [0.717, 1.165) is 35.7 Å². The van der Waals surface area contributed by atoms with Crippen molar-refractivity contribution in [2.75, 3.05) is 31.0 Å². The molecule has 1 atom stereocenters. The van der Waals surface area contributed by atoms with Gasteiger partial charge in [-0.3, -0.25) is 0 Å². The van der Waals surface area contributed by atoms with Crippen LogP contribution in [0.15, 0.2) is 66.7 Å². The number of benzene rings is 3. The van der Waals surface area contributed by atoms with Gasteiger partial charge in [0.05, 0.1) is 18.5 Å². The van der Waals surface area contributed by atoms with Crippen molar-refractivity contribution >= 4 is 17.3 Å². The molecule has 0 saturated heterocycles. The molecule has 0 aliphatic carbocycles. The average molecular weight is 426 g/mol. The van der Waals surface area contributed by atoms with Gasteiger partial charge in [0.25, 0.3) is 0 Å². The van der Waals surface area contributed by atoms with Gasteiger partial charge in [-0.15, -0.1) is 11.6 Å². The maximum atomic E-state index is 13.6. The zero-order valence-corrected chi connectivity index (χ0v) is 18.0. The molecule has 0 bridgehead atoms. The van der Waals surface area contributed by atoms with Crippen LogP contribution in [0.3, 0.4) is 0 Å². The molecule has 3 aromatic rings. The van der Waals surface area contributed by atoms with Gasteiger partial charge in [0.15, 0.2) is 0 Å². The summed E-state index contributed by atoms with van der Waals surface area (Å²) in [7, 11) is 1.69. The van der Waals surface area contributed by atoms with Crippen LogP contribution in [0.2, 0.25) is 0 Å². The highest BCUT2D eigenvalue weighted by atomic mass is 35.5. The highest BCUT2D eigenvalue weighted by Gasteiger charge is 2.40. The number of methoxy groups -OCH3 is 1. The fourth-order valence-electron chi connectivity index (χ4n) is 4.33. The number of anilines is 1. The van der Waals surface area contributed by atoms with Gasteiger partial charge >= 0.3 is 0 Å². The van der Waals surface area contributed by atoms with Crippen LogP contribution in [0.25, 0.3) is 0 Å². The van der Waals surface area contributed by atoms with E-state index in [1.807, 2.05) is 30.3 Å². The lowest BCUT2D eigenvalue weighted by Gasteiger charge is -2.48. The van der Waals surface area contributed by atoms with E-state index in [4.69, 9.17) is 21.1 Å². The third-order valence-electron chi connectivity index (χ3n) is 5.88. The molecule has 1 aliphatic rings. The van der Waals surface area contributed by atoms with Gasteiger partial charge in [0.2, 0.25) is 0 Å². The van der Waals surface area contributed by atoms with E-state index in [1.165, 1.54) is 23.3 Å². The predicted molar refractivity (Wildman–Crippen MR) is 120 cm³/mol. The molecule has 1 aliphatic heterocycles. The van der Waals surface area contributed by atoms with Gasteiger partial charge in [-0.05, 0) is 78.6 Å². The van der Waals surface area contributed by atoms with Crippen molar-refractivity contribution in [2.24, 2.45) is 0 Å². The molecule has 1 heterocycles. The van der Waals surface area contributed by atoms with E-state index in [1.54, 1.807) is 7.11 Å². The molecule has 0 N–H and O–H groups in total. The molecular weight excluding hydrogens is 401 g/mol. The first-order valence-corrected chi connectivity index (χ1v) is 10.6. The summed E-state index contributed by atoms with van der Waals surface area (Å²) in [4.78, 5) is 2.34. The quantitative estimate of drug-likeness (QED) is 0.467. The van der Waals surface area contributed by atoms with Crippen LogP contribution in [-0.4, -0.2) is 26.1 Å². The number of rotatable bonds is 6. The maximum Gasteiger partial charge on any atom is 0.123 e. The highest BCUT2D eigenvalue weighted by molar-refractivity contribution is 6.18. The van der Waals surface area contributed by atoms with E-state index in [9.17, 15) is 4.39 Å². The minimum Gasteiger partial charge on any atom is -0.497 e. The molecule has 3 nitrogen and oxygen atoms in total. The van der Waals surface area contributed by atoms with Crippen LogP contribution in [-0.2, 0) is 12.0 Å². The number of nitrogens with zero attached hydrogens (tertiary/aromatic N) is 1. The standard InChI is InChI=1S/C25H25ClFNO2/c1-25(19-3-9-22(10-4-19)30-16-14-26)24-12-11-23(29-2)17-18(24)13-15-28(25)21-7-5-20(27)6-8-21/h3-12,17H,13-16H2,1-2H3. The summed E-state index contributed by atoms with van der Waals surface area (Å²) in [5, 5.41) is 0. The summed E-state index contributed by atoms with van der Waals surface area (Å²) in [6, 6.07) is 21.1. The Morgan fingerprint density at radius 1 is 1.00 bits per heavy atom. The number of halogens is 2. The highest BCUT2D eigenvalue weighted by Crippen LogP contribution is 2.44. The molecule has 0 aromatic heterocycles. The summed E-state index contributed by atoms with van der Waals surface area (Å²) < 4.78 is 24.7. The maximum absolute atomic E-state index is 13.6. The number of hydrogen-bond acceptors (Lipinski definition) is 3. The van der Waals surface area contributed by atoms with Crippen molar-refractivity contribution in [3.05, 3.63) is 89.2 Å². The number of alkyl halides is 1. The number of ether oxygens (including phenoxy) is 2. The van der Waals surface area contributed by atoms with E-state index in [-0.39, 0.29) is 5.82 Å². The fraction of sp³-hybridized carbons (Fsp3) is 0.280. The fourth-order valence-corrected chi connectivity index (χ4v) is 4.41. The van der Waals surface area contributed by atoms with E-state index in [2.05, 4.69) is 36.1 Å². The molecule has 0 fully saturated rings. The predicted octanol–water partition coefficient (Wildman–Crippen LogP) is 5.78. The van der Waals surface area contributed by atoms with Crippen molar-refractivity contribution in [3.63, 3.8) is 0 Å². The number of fused-ring (bicyclic) bond motifs is 1. The largest absolute Gasteiger partial charge is 0.497 e. The molecule has 3 aromatic carbocycles. The third-order valence-corrected chi connectivity index (χ3v) is 6.04. The monoisotopic (exact) mass is 425 g/mol. The Balaban J connectivity index is 1.82. The molecule has 4 rings (SSSR count). The molecule has 30 heavy (non-hydrogen) atoms. The molecule has 0 spiro atoms. The van der Waals surface area contributed by atoms with Gasteiger partial charge in [-0.25, -0.2) is 4.39 Å². The van der Waals surface area contributed by atoms with Crippen molar-refractivity contribution in [3.8, 4) is 11.5 Å². The molecule has 0 radical (unpaired) electrons. The smallest absolute Gasteiger partial charge is 0.123 e. The first-order chi connectivity index (χ1) is 14.6. The lowest BCUT2D eigenvalue weighted by Crippen LogP contribution is -2.49. The normalized spacial score (nSPS) is 18.1. The van der Waals surface area contributed by atoms with Gasteiger partial charge in [0.1, 0.15) is 23.9 Å². The van der Waals surface area contributed by atoms with E-state index in [0.29, 0.717) is 12.5 Å². The van der Waals surface area contributed by atoms with Crippen molar-refractivity contribution in [1.82, 2.24) is 0 Å². The zero-order chi connectivity index (χ0) is 21.1. The van der Waals surface area contributed by atoms with Crippen LogP contribution >= 0.6 is 11.6 Å². The summed E-state index contributed by atoms with van der Waals surface area (Å²) in [6.45, 7) is 3.50. The van der Waals surface area contributed by atoms with Gasteiger partial charge in [-0.2, -0.15) is 0 Å². The minimum atomic E-state index is -0.428. The second-order valence-corrected chi connectivity index (χ2v) is 7.91. The van der Waals surface area contributed by atoms with Gasteiger partial charge in [0, 0.05) is 12.2 Å². The molecule has 5 heteroatoms. The Hall–Kier alpha value is -2.72. The Morgan fingerprint density at radius 3 is 2.37 bits per heavy atom. The first-order valence-electron chi connectivity index (χ1n) is 10.1. The summed E-state index contributed by atoms with van der Waals surface area (Å²) in [5.41, 5.74) is 4.17. The van der Waals surface area contributed by atoms with Crippen molar-refractivity contribution < 1.29 is 13.9 Å². The van der Waals surface area contributed by atoms with Crippen LogP contribution in [0, 0.1) is 5.82 Å². The molecule has 1 unspecified atom stereocenters. The first kappa shape index (κ1) is 20.5. The minimum absolute atomic E-state index is 0.233. The van der Waals surface area contributed by atoms with E-state index < -0.39 is 5.54 Å². The lowest BCUT2D eigenvalue weighted by molar-refractivity contribution is 0.342. The van der Waals surface area contributed by atoms with Gasteiger partial charge < -0.3 is 14.4 Å². The van der Waals surface area contributed by atoms with Crippen LogP contribution < -0.4 is 14.4 Å². The van der Waals surface area contributed by atoms with Crippen molar-refractivity contribution in [2.45, 2.75) is 18.9 Å². The Bertz CT molecular complexity index is 1010. The average Bonchev–Trinajstić information content (AvgIpc) is 2.78. The SMILES string of the molecule is COc1ccc2c(c1)CCN(c1ccc(F)cc1)C2(C)c1ccc(OCCCl)cc1. The second kappa shape index (κ2) is 8.57. The van der Waals surface area contributed by atoms with E-state index >= 15 is 0 Å². The summed E-state index contributed by atoms with van der Waals surface area (Å²) >= 11 is 5.74. The third kappa shape index (κ3) is 3.72. The second-order valence-electron chi connectivity index (χ2n) is 7.54. The van der Waals surface area contributed by atoms with Crippen molar-refractivity contribution in [1.29, 1.82) is 0 Å². The molecule has 0 saturated carbocycles. The van der Waals surface area contributed by atoms with Crippen LogP contribution in [0.4, 0.5) is 10.1 Å². The number of hydrogen-bond donors (Lipinski definition) is 0. The topological polar surface area (TPSA) is 21.7 Å².